The second-order valence-corrected chi connectivity index (χ2v) is 9.41. The highest BCUT2D eigenvalue weighted by Gasteiger charge is 2.41. The Kier molecular flexibility index (Phi) is 7.78. The standard InChI is InChI=1S/C28H35N3O3/c1-3-23(29-2)27(33)30-24-15-8-7-14-22-16-17-25(31(22)28(24)34)20-12-9-13-21(18-20)26(32)19-10-5-4-6-11-19/h4-6,9-13,18,22-25,29H,3,7-8,14-17H2,1-2H3,(H,30,33)/t22-,23?,24-,25-/m0/s1. The summed E-state index contributed by atoms with van der Waals surface area (Å²) in [6.45, 7) is 1.96. The van der Waals surface area contributed by atoms with Crippen LogP contribution in [0.4, 0.5) is 0 Å². The average molecular weight is 462 g/mol. The Balaban J connectivity index is 1.58. The number of carbonyl (C=O) groups is 3. The zero-order valence-electron chi connectivity index (χ0n) is 20.1. The van der Waals surface area contributed by atoms with E-state index in [0.29, 0.717) is 24.0 Å². The lowest BCUT2D eigenvalue weighted by atomic mass is 9.96. The Morgan fingerprint density at radius 1 is 0.971 bits per heavy atom. The number of ketones is 1. The number of hydrogen-bond donors (Lipinski definition) is 2. The molecular formula is C28H35N3O3. The fraction of sp³-hybridized carbons (Fsp3) is 0.464. The predicted molar refractivity (Wildman–Crippen MR) is 132 cm³/mol. The van der Waals surface area contributed by atoms with E-state index < -0.39 is 6.04 Å². The molecule has 0 saturated carbocycles. The van der Waals surface area contributed by atoms with Crippen LogP contribution in [0.2, 0.25) is 0 Å². The van der Waals surface area contributed by atoms with Gasteiger partial charge in [-0.25, -0.2) is 0 Å². The fourth-order valence-electron chi connectivity index (χ4n) is 5.43. The first-order valence-corrected chi connectivity index (χ1v) is 12.5. The number of nitrogens with zero attached hydrogens (tertiary/aromatic N) is 1. The van der Waals surface area contributed by atoms with Gasteiger partial charge in [0.25, 0.3) is 0 Å². The van der Waals surface area contributed by atoms with Crippen molar-refractivity contribution in [3.63, 3.8) is 0 Å². The van der Waals surface area contributed by atoms with E-state index in [1.807, 2.05) is 66.4 Å². The molecule has 2 heterocycles. The Hall–Kier alpha value is -2.99. The van der Waals surface area contributed by atoms with Crippen molar-refractivity contribution in [2.45, 2.75) is 76.0 Å². The molecular weight excluding hydrogens is 426 g/mol. The molecule has 2 aliphatic heterocycles. The van der Waals surface area contributed by atoms with Crippen LogP contribution in [0, 0.1) is 0 Å². The second kappa shape index (κ2) is 11.0. The van der Waals surface area contributed by atoms with Crippen molar-refractivity contribution in [1.82, 2.24) is 15.5 Å². The van der Waals surface area contributed by atoms with Crippen molar-refractivity contribution in [3.8, 4) is 0 Å². The third-order valence-electron chi connectivity index (χ3n) is 7.29. The third-order valence-corrected chi connectivity index (χ3v) is 7.29. The van der Waals surface area contributed by atoms with Gasteiger partial charge in [-0.15, -0.1) is 0 Å². The van der Waals surface area contributed by atoms with Crippen molar-refractivity contribution < 1.29 is 14.4 Å². The van der Waals surface area contributed by atoms with Crippen molar-refractivity contribution >= 4 is 17.6 Å². The summed E-state index contributed by atoms with van der Waals surface area (Å²) in [5.74, 6) is -0.128. The van der Waals surface area contributed by atoms with Crippen LogP contribution in [0.5, 0.6) is 0 Å². The van der Waals surface area contributed by atoms with Gasteiger partial charge in [-0.1, -0.05) is 68.3 Å². The molecule has 180 valence electrons. The van der Waals surface area contributed by atoms with Crippen molar-refractivity contribution in [2.24, 2.45) is 0 Å². The number of likely N-dealkylation sites (N-methyl/N-ethyl adjacent to an activating group) is 1. The Morgan fingerprint density at radius 2 is 1.71 bits per heavy atom. The Bertz CT molecular complexity index is 1020. The van der Waals surface area contributed by atoms with E-state index in [0.717, 1.165) is 37.7 Å². The predicted octanol–water partition coefficient (Wildman–Crippen LogP) is 4.01. The summed E-state index contributed by atoms with van der Waals surface area (Å²) in [5.41, 5.74) is 2.28. The van der Waals surface area contributed by atoms with Crippen molar-refractivity contribution in [2.75, 3.05) is 7.05 Å². The molecule has 0 aromatic heterocycles. The molecule has 0 spiro atoms. The molecule has 4 rings (SSSR count). The number of nitrogens with one attached hydrogen (secondary N) is 2. The van der Waals surface area contributed by atoms with Crippen LogP contribution in [-0.2, 0) is 9.59 Å². The molecule has 2 amide bonds. The molecule has 2 aromatic carbocycles. The summed E-state index contributed by atoms with van der Waals surface area (Å²) in [7, 11) is 1.77. The van der Waals surface area contributed by atoms with E-state index in [9.17, 15) is 14.4 Å². The lowest BCUT2D eigenvalue weighted by molar-refractivity contribution is -0.140. The number of fused-ring (bicyclic) bond motifs is 1. The molecule has 0 aliphatic carbocycles. The van der Waals surface area contributed by atoms with Gasteiger partial charge in [-0.3, -0.25) is 14.4 Å². The first-order valence-electron chi connectivity index (χ1n) is 12.5. The highest BCUT2D eigenvalue weighted by atomic mass is 16.2. The van der Waals surface area contributed by atoms with Gasteiger partial charge in [-0.2, -0.15) is 0 Å². The smallest absolute Gasteiger partial charge is 0.245 e. The van der Waals surface area contributed by atoms with Gasteiger partial charge in [0.1, 0.15) is 6.04 Å². The zero-order valence-corrected chi connectivity index (χ0v) is 20.1. The van der Waals surface area contributed by atoms with E-state index in [-0.39, 0.29) is 35.7 Å². The van der Waals surface area contributed by atoms with E-state index in [2.05, 4.69) is 10.6 Å². The minimum atomic E-state index is -0.507. The van der Waals surface area contributed by atoms with Gasteiger partial charge in [0.15, 0.2) is 5.78 Å². The number of benzene rings is 2. The molecule has 34 heavy (non-hydrogen) atoms. The van der Waals surface area contributed by atoms with Gasteiger partial charge in [-0.05, 0) is 50.8 Å². The number of hydrogen-bond acceptors (Lipinski definition) is 4. The third kappa shape index (κ3) is 5.07. The molecule has 2 aliphatic rings. The van der Waals surface area contributed by atoms with Gasteiger partial charge in [0, 0.05) is 17.2 Å². The Labute approximate surface area is 202 Å². The SMILES string of the molecule is CCC(NC)C(=O)N[C@H]1CCCC[C@H]2CC[C@@H](c3cccc(C(=O)c4ccccc4)c3)N2C1=O. The van der Waals surface area contributed by atoms with E-state index in [1.54, 1.807) is 7.05 Å². The molecule has 4 atom stereocenters. The second-order valence-electron chi connectivity index (χ2n) is 9.41. The van der Waals surface area contributed by atoms with Crippen molar-refractivity contribution in [3.05, 3.63) is 71.3 Å². The molecule has 2 aromatic rings. The molecule has 2 N–H and O–H groups in total. The zero-order chi connectivity index (χ0) is 24.1. The van der Waals surface area contributed by atoms with Crippen LogP contribution in [0.3, 0.4) is 0 Å². The van der Waals surface area contributed by atoms with Gasteiger partial charge in [0.05, 0.1) is 12.1 Å². The fourth-order valence-corrected chi connectivity index (χ4v) is 5.43. The highest BCUT2D eigenvalue weighted by molar-refractivity contribution is 6.09. The lowest BCUT2D eigenvalue weighted by Gasteiger charge is -2.36. The topological polar surface area (TPSA) is 78.5 Å². The molecule has 6 nitrogen and oxygen atoms in total. The highest BCUT2D eigenvalue weighted by Crippen LogP contribution is 2.40. The van der Waals surface area contributed by atoms with Crippen LogP contribution >= 0.6 is 0 Å². The van der Waals surface area contributed by atoms with Crippen LogP contribution < -0.4 is 10.6 Å². The molecule has 2 fully saturated rings. The number of carbonyl (C=O) groups excluding carboxylic acids is 3. The summed E-state index contributed by atoms with van der Waals surface area (Å²) >= 11 is 0. The minimum absolute atomic E-state index is 0.00583. The summed E-state index contributed by atoms with van der Waals surface area (Å²) in [4.78, 5) is 41.5. The molecule has 0 bridgehead atoms. The van der Waals surface area contributed by atoms with Crippen LogP contribution in [0.15, 0.2) is 54.6 Å². The summed E-state index contributed by atoms with van der Waals surface area (Å²) < 4.78 is 0. The quantitative estimate of drug-likeness (QED) is 0.611. The van der Waals surface area contributed by atoms with E-state index >= 15 is 0 Å². The van der Waals surface area contributed by atoms with Crippen molar-refractivity contribution in [1.29, 1.82) is 0 Å². The van der Waals surface area contributed by atoms with Gasteiger partial charge in [0.2, 0.25) is 11.8 Å². The number of amides is 2. The molecule has 0 radical (unpaired) electrons. The molecule has 6 heteroatoms. The number of rotatable bonds is 7. The van der Waals surface area contributed by atoms with Crippen LogP contribution in [-0.4, -0.2) is 47.7 Å². The maximum Gasteiger partial charge on any atom is 0.245 e. The molecule has 1 unspecified atom stereocenters. The van der Waals surface area contributed by atoms with E-state index in [1.165, 1.54) is 0 Å². The first kappa shape index (κ1) is 24.1. The first-order chi connectivity index (χ1) is 16.5. The summed E-state index contributed by atoms with van der Waals surface area (Å²) in [6.07, 6.45) is 6.11. The van der Waals surface area contributed by atoms with Crippen LogP contribution in [0.1, 0.15) is 79.4 Å². The maximum absolute atomic E-state index is 13.8. The minimum Gasteiger partial charge on any atom is -0.343 e. The van der Waals surface area contributed by atoms with E-state index in [4.69, 9.17) is 0 Å². The molecule has 2 saturated heterocycles. The summed E-state index contributed by atoms with van der Waals surface area (Å²) in [6, 6.07) is 16.3. The Morgan fingerprint density at radius 3 is 2.44 bits per heavy atom. The monoisotopic (exact) mass is 461 g/mol. The lowest BCUT2D eigenvalue weighted by Crippen LogP contribution is -2.54. The average Bonchev–Trinajstić information content (AvgIpc) is 3.28. The summed E-state index contributed by atoms with van der Waals surface area (Å²) in [5, 5.41) is 6.05. The van der Waals surface area contributed by atoms with Gasteiger partial charge >= 0.3 is 0 Å². The largest absolute Gasteiger partial charge is 0.343 e. The van der Waals surface area contributed by atoms with Gasteiger partial charge < -0.3 is 15.5 Å². The van der Waals surface area contributed by atoms with Crippen LogP contribution in [0.25, 0.3) is 0 Å². The normalized spacial score (nSPS) is 23.5. The maximum atomic E-state index is 13.8.